The molecule has 5 nitrogen and oxygen atoms in total. The number of nitrogens with zero attached hydrogens (tertiary/aromatic N) is 3. The summed E-state index contributed by atoms with van der Waals surface area (Å²) in [4.78, 5) is 20.9. The molecule has 0 aliphatic carbocycles. The fourth-order valence-electron chi connectivity index (χ4n) is 2.80. The molecule has 0 amide bonds. The summed E-state index contributed by atoms with van der Waals surface area (Å²) >= 11 is 1.69. The van der Waals surface area contributed by atoms with Gasteiger partial charge in [-0.25, -0.2) is 4.98 Å². The Morgan fingerprint density at radius 2 is 1.92 bits per heavy atom. The highest BCUT2D eigenvalue weighted by Gasteiger charge is 2.19. The molecule has 1 fully saturated rings. The Kier molecular flexibility index (Phi) is 5.60. The quantitative estimate of drug-likeness (QED) is 0.754. The van der Waals surface area contributed by atoms with Crippen LogP contribution in [0.4, 0.5) is 5.13 Å². The Balaban J connectivity index is 1.62. The predicted octanol–water partition coefficient (Wildman–Crippen LogP) is 2.78. The molecular formula is C18H23N3O2S. The van der Waals surface area contributed by atoms with Crippen molar-refractivity contribution in [3.8, 4) is 11.3 Å². The van der Waals surface area contributed by atoms with Gasteiger partial charge in [-0.1, -0.05) is 24.3 Å². The Labute approximate surface area is 146 Å². The van der Waals surface area contributed by atoms with Gasteiger partial charge in [0.25, 0.3) is 0 Å². The van der Waals surface area contributed by atoms with Gasteiger partial charge in [-0.2, -0.15) is 0 Å². The van der Waals surface area contributed by atoms with Crippen molar-refractivity contribution in [1.29, 1.82) is 0 Å². The standard InChI is InChI=1S/C18H23N3O2S/c1-14(22)15-3-5-16(6-4-15)17-13-24-18(19-17)21-9-7-20(8-10-21)11-12-23-2/h3-6,13H,7-12H2,1-2H3. The van der Waals surface area contributed by atoms with E-state index in [0.717, 1.165) is 61.3 Å². The molecular weight excluding hydrogens is 322 g/mol. The van der Waals surface area contributed by atoms with Crippen LogP contribution in [-0.4, -0.2) is 62.1 Å². The minimum Gasteiger partial charge on any atom is -0.383 e. The number of carbonyl (C=O) groups excluding carboxylic acids is 1. The van der Waals surface area contributed by atoms with Crippen LogP contribution < -0.4 is 4.90 Å². The smallest absolute Gasteiger partial charge is 0.185 e. The second kappa shape index (κ2) is 7.88. The summed E-state index contributed by atoms with van der Waals surface area (Å²) in [6, 6.07) is 7.67. The molecule has 1 aliphatic heterocycles. The van der Waals surface area contributed by atoms with Crippen LogP contribution in [0.3, 0.4) is 0 Å². The molecule has 1 aromatic heterocycles. The van der Waals surface area contributed by atoms with Gasteiger partial charge in [-0.15, -0.1) is 11.3 Å². The highest BCUT2D eigenvalue weighted by molar-refractivity contribution is 7.14. The molecule has 24 heavy (non-hydrogen) atoms. The summed E-state index contributed by atoms with van der Waals surface area (Å²) in [7, 11) is 1.75. The zero-order chi connectivity index (χ0) is 16.9. The molecule has 1 aliphatic rings. The van der Waals surface area contributed by atoms with Crippen molar-refractivity contribution in [3.05, 3.63) is 35.2 Å². The average molecular weight is 345 g/mol. The number of carbonyl (C=O) groups is 1. The Morgan fingerprint density at radius 3 is 2.54 bits per heavy atom. The molecule has 2 aromatic rings. The average Bonchev–Trinajstić information content (AvgIpc) is 3.10. The molecule has 0 saturated carbocycles. The minimum atomic E-state index is 0.0897. The first-order chi connectivity index (χ1) is 11.7. The van der Waals surface area contributed by atoms with Crippen LogP contribution in [0.1, 0.15) is 17.3 Å². The van der Waals surface area contributed by atoms with E-state index in [1.807, 2.05) is 24.3 Å². The van der Waals surface area contributed by atoms with Crippen molar-refractivity contribution in [2.24, 2.45) is 0 Å². The molecule has 1 aromatic carbocycles. The van der Waals surface area contributed by atoms with Crippen LogP contribution in [0.5, 0.6) is 0 Å². The van der Waals surface area contributed by atoms with Crippen LogP contribution >= 0.6 is 11.3 Å². The molecule has 3 rings (SSSR count). The molecule has 0 bridgehead atoms. The van der Waals surface area contributed by atoms with Crippen LogP contribution in [0.2, 0.25) is 0 Å². The summed E-state index contributed by atoms with van der Waals surface area (Å²) in [5.74, 6) is 0.0897. The van der Waals surface area contributed by atoms with Gasteiger partial charge < -0.3 is 9.64 Å². The van der Waals surface area contributed by atoms with E-state index in [-0.39, 0.29) is 5.78 Å². The number of ether oxygens (including phenoxy) is 1. The Morgan fingerprint density at radius 1 is 1.21 bits per heavy atom. The van der Waals surface area contributed by atoms with E-state index in [9.17, 15) is 4.79 Å². The lowest BCUT2D eigenvalue weighted by Gasteiger charge is -2.34. The zero-order valence-corrected chi connectivity index (χ0v) is 15.0. The van der Waals surface area contributed by atoms with Gasteiger partial charge in [0.05, 0.1) is 12.3 Å². The van der Waals surface area contributed by atoms with E-state index in [0.29, 0.717) is 0 Å². The lowest BCUT2D eigenvalue weighted by atomic mass is 10.1. The number of hydrogen-bond acceptors (Lipinski definition) is 6. The van der Waals surface area contributed by atoms with E-state index < -0.39 is 0 Å². The summed E-state index contributed by atoms with van der Waals surface area (Å²) in [6.45, 7) is 7.47. The van der Waals surface area contributed by atoms with Gasteiger partial charge in [0, 0.05) is 56.3 Å². The maximum atomic E-state index is 11.4. The number of aromatic nitrogens is 1. The van der Waals surface area contributed by atoms with Crippen LogP contribution in [-0.2, 0) is 4.74 Å². The number of ketones is 1. The highest BCUT2D eigenvalue weighted by atomic mass is 32.1. The highest BCUT2D eigenvalue weighted by Crippen LogP contribution is 2.28. The van der Waals surface area contributed by atoms with Gasteiger partial charge in [0.1, 0.15) is 0 Å². The number of Topliss-reactive ketones (excluding diaryl/α,β-unsaturated/α-hetero) is 1. The monoisotopic (exact) mass is 345 g/mol. The van der Waals surface area contributed by atoms with Gasteiger partial charge in [-0.05, 0) is 6.92 Å². The predicted molar refractivity (Wildman–Crippen MR) is 98.1 cm³/mol. The number of hydrogen-bond donors (Lipinski definition) is 0. The SMILES string of the molecule is COCCN1CCN(c2nc(-c3ccc(C(C)=O)cc3)cs2)CC1. The van der Waals surface area contributed by atoms with Crippen LogP contribution in [0.15, 0.2) is 29.6 Å². The first-order valence-electron chi connectivity index (χ1n) is 8.20. The first-order valence-corrected chi connectivity index (χ1v) is 9.08. The van der Waals surface area contributed by atoms with Crippen LogP contribution in [0.25, 0.3) is 11.3 Å². The fourth-order valence-corrected chi connectivity index (χ4v) is 3.69. The van der Waals surface area contributed by atoms with Gasteiger partial charge >= 0.3 is 0 Å². The molecule has 2 heterocycles. The van der Waals surface area contributed by atoms with E-state index in [2.05, 4.69) is 15.2 Å². The molecule has 6 heteroatoms. The topological polar surface area (TPSA) is 45.7 Å². The molecule has 0 unspecified atom stereocenters. The van der Waals surface area contributed by atoms with Gasteiger partial charge in [0.2, 0.25) is 0 Å². The molecule has 0 atom stereocenters. The summed E-state index contributed by atoms with van der Waals surface area (Å²) in [5, 5.41) is 3.17. The number of benzene rings is 1. The lowest BCUT2D eigenvalue weighted by Crippen LogP contribution is -2.47. The normalized spacial score (nSPS) is 15.7. The number of rotatable bonds is 6. The Bertz CT molecular complexity index is 676. The van der Waals surface area contributed by atoms with Gasteiger partial charge in [0.15, 0.2) is 10.9 Å². The van der Waals surface area contributed by atoms with Crippen LogP contribution in [0, 0.1) is 0 Å². The van der Waals surface area contributed by atoms with Crippen molar-refractivity contribution in [3.63, 3.8) is 0 Å². The maximum Gasteiger partial charge on any atom is 0.185 e. The number of anilines is 1. The molecule has 1 saturated heterocycles. The number of thiazole rings is 1. The summed E-state index contributed by atoms with van der Waals surface area (Å²) < 4.78 is 5.14. The number of methoxy groups -OCH3 is 1. The second-order valence-corrected chi connectivity index (χ2v) is 6.81. The summed E-state index contributed by atoms with van der Waals surface area (Å²) in [6.07, 6.45) is 0. The third kappa shape index (κ3) is 4.01. The molecule has 128 valence electrons. The van der Waals surface area contributed by atoms with Crippen molar-refractivity contribution in [2.75, 3.05) is 51.3 Å². The van der Waals surface area contributed by atoms with E-state index in [1.54, 1.807) is 25.4 Å². The zero-order valence-electron chi connectivity index (χ0n) is 14.2. The number of piperazine rings is 1. The molecule has 0 spiro atoms. The molecule has 0 N–H and O–H groups in total. The van der Waals surface area contributed by atoms with Crippen molar-refractivity contribution >= 4 is 22.3 Å². The Hall–Kier alpha value is -1.76. The van der Waals surface area contributed by atoms with Crippen molar-refractivity contribution in [1.82, 2.24) is 9.88 Å². The fraction of sp³-hybridized carbons (Fsp3) is 0.444. The molecule has 0 radical (unpaired) electrons. The van der Waals surface area contributed by atoms with Gasteiger partial charge in [-0.3, -0.25) is 9.69 Å². The van der Waals surface area contributed by atoms with E-state index in [4.69, 9.17) is 9.72 Å². The lowest BCUT2D eigenvalue weighted by molar-refractivity contribution is 0.101. The third-order valence-corrected chi connectivity index (χ3v) is 5.24. The van der Waals surface area contributed by atoms with Crippen molar-refractivity contribution in [2.45, 2.75) is 6.92 Å². The minimum absolute atomic E-state index is 0.0897. The summed E-state index contributed by atoms with van der Waals surface area (Å²) in [5.41, 5.74) is 2.77. The third-order valence-electron chi connectivity index (χ3n) is 4.33. The van der Waals surface area contributed by atoms with Crippen molar-refractivity contribution < 1.29 is 9.53 Å². The maximum absolute atomic E-state index is 11.4. The van der Waals surface area contributed by atoms with E-state index >= 15 is 0 Å². The second-order valence-electron chi connectivity index (χ2n) is 5.97. The first kappa shape index (κ1) is 17.1. The largest absolute Gasteiger partial charge is 0.383 e. The van der Waals surface area contributed by atoms with E-state index in [1.165, 1.54) is 0 Å².